The molecular formula is C15H26ClNOS. The van der Waals surface area contributed by atoms with Gasteiger partial charge in [-0.3, -0.25) is 0 Å². The lowest BCUT2D eigenvalue weighted by Crippen LogP contribution is -2.26. The molecule has 1 N–H and O–H groups in total. The highest BCUT2D eigenvalue weighted by molar-refractivity contribution is 8.29. The third kappa shape index (κ3) is 4.90. The second-order valence-corrected chi connectivity index (χ2v) is 10.4. The van der Waals surface area contributed by atoms with Crippen LogP contribution in [-0.4, -0.2) is 30.4 Å². The molecule has 0 radical (unpaired) electrons. The van der Waals surface area contributed by atoms with E-state index in [2.05, 4.69) is 38.6 Å². The Morgan fingerprint density at radius 1 is 1.26 bits per heavy atom. The van der Waals surface area contributed by atoms with Gasteiger partial charge in [-0.05, 0) is 37.1 Å². The van der Waals surface area contributed by atoms with Crippen LogP contribution in [0.5, 0.6) is 0 Å². The Bertz CT molecular complexity index is 427. The molecule has 110 valence electrons. The van der Waals surface area contributed by atoms with E-state index in [0.29, 0.717) is 6.61 Å². The lowest BCUT2D eigenvalue weighted by atomic mass is 10.2. The SMILES string of the molecule is Cc1ccc(NCCOS(C)(C)C(C)(C)C)cc1Cl. The Hall–Kier alpha value is -0.380. The first-order valence-electron chi connectivity index (χ1n) is 6.51. The molecule has 0 unspecified atom stereocenters. The summed E-state index contributed by atoms with van der Waals surface area (Å²) >= 11 is 6.09. The maximum atomic E-state index is 6.09. The van der Waals surface area contributed by atoms with Crippen molar-refractivity contribution in [3.63, 3.8) is 0 Å². The van der Waals surface area contributed by atoms with Crippen LogP contribution in [0.3, 0.4) is 0 Å². The predicted octanol–water partition coefficient (Wildman–Crippen LogP) is 4.85. The molecule has 0 amide bonds. The van der Waals surface area contributed by atoms with Gasteiger partial charge in [0, 0.05) is 22.0 Å². The second-order valence-electron chi connectivity index (χ2n) is 6.06. The number of halogens is 1. The van der Waals surface area contributed by atoms with Gasteiger partial charge in [-0.1, -0.05) is 38.4 Å². The van der Waals surface area contributed by atoms with Gasteiger partial charge in [-0.25, -0.2) is 0 Å². The van der Waals surface area contributed by atoms with Crippen LogP contribution in [0, 0.1) is 6.92 Å². The zero-order valence-corrected chi connectivity index (χ0v) is 14.4. The molecule has 0 aromatic heterocycles. The van der Waals surface area contributed by atoms with E-state index in [1.54, 1.807) is 0 Å². The van der Waals surface area contributed by atoms with Crippen molar-refractivity contribution in [2.75, 3.05) is 31.0 Å². The molecule has 2 nitrogen and oxygen atoms in total. The van der Waals surface area contributed by atoms with Crippen LogP contribution < -0.4 is 5.32 Å². The first-order valence-corrected chi connectivity index (χ1v) is 9.26. The second kappa shape index (κ2) is 6.38. The maximum Gasteiger partial charge on any atom is 0.0765 e. The van der Waals surface area contributed by atoms with Crippen molar-refractivity contribution >= 4 is 27.6 Å². The van der Waals surface area contributed by atoms with E-state index in [4.69, 9.17) is 15.8 Å². The molecule has 0 saturated heterocycles. The third-order valence-corrected chi connectivity index (χ3v) is 7.57. The van der Waals surface area contributed by atoms with Gasteiger partial charge >= 0.3 is 0 Å². The minimum atomic E-state index is -1.03. The van der Waals surface area contributed by atoms with E-state index >= 15 is 0 Å². The Morgan fingerprint density at radius 2 is 1.89 bits per heavy atom. The number of nitrogens with one attached hydrogen (secondary N) is 1. The van der Waals surface area contributed by atoms with E-state index in [1.165, 1.54) is 0 Å². The van der Waals surface area contributed by atoms with Crippen LogP contribution in [0.1, 0.15) is 26.3 Å². The average molecular weight is 304 g/mol. The first-order chi connectivity index (χ1) is 8.63. The number of anilines is 1. The fourth-order valence-electron chi connectivity index (χ4n) is 1.32. The molecule has 0 aliphatic carbocycles. The summed E-state index contributed by atoms with van der Waals surface area (Å²) in [6.45, 7) is 10.2. The molecule has 0 aliphatic rings. The van der Waals surface area contributed by atoms with Gasteiger partial charge in [0.1, 0.15) is 0 Å². The summed E-state index contributed by atoms with van der Waals surface area (Å²) in [5.41, 5.74) is 2.14. The van der Waals surface area contributed by atoms with Gasteiger partial charge in [0.25, 0.3) is 0 Å². The first kappa shape index (κ1) is 16.7. The lowest BCUT2D eigenvalue weighted by molar-refractivity contribution is 0.366. The monoisotopic (exact) mass is 303 g/mol. The molecule has 0 saturated carbocycles. The number of benzene rings is 1. The van der Waals surface area contributed by atoms with Gasteiger partial charge < -0.3 is 9.50 Å². The van der Waals surface area contributed by atoms with Crippen LogP contribution >= 0.6 is 21.9 Å². The van der Waals surface area contributed by atoms with Crippen LogP contribution in [0.15, 0.2) is 18.2 Å². The summed E-state index contributed by atoms with van der Waals surface area (Å²) in [5.74, 6) is 0. The molecule has 4 heteroatoms. The molecule has 1 rings (SSSR count). The largest absolute Gasteiger partial charge is 0.383 e. The van der Waals surface area contributed by atoms with Crippen LogP contribution in [0.25, 0.3) is 0 Å². The summed E-state index contributed by atoms with van der Waals surface area (Å²) in [4.78, 5) is 0. The minimum absolute atomic E-state index is 0.208. The Morgan fingerprint density at radius 3 is 2.42 bits per heavy atom. The Balaban J connectivity index is 2.41. The van der Waals surface area contributed by atoms with Crippen molar-refractivity contribution in [3.8, 4) is 0 Å². The van der Waals surface area contributed by atoms with Gasteiger partial charge in [0.2, 0.25) is 0 Å². The summed E-state index contributed by atoms with van der Waals surface area (Å²) in [5, 5.41) is 4.14. The van der Waals surface area contributed by atoms with E-state index in [9.17, 15) is 0 Å². The molecule has 0 atom stereocenters. The van der Waals surface area contributed by atoms with Gasteiger partial charge in [0.15, 0.2) is 0 Å². The Labute approximate surface area is 124 Å². The zero-order valence-electron chi connectivity index (χ0n) is 12.8. The standard InChI is InChI=1S/C15H26ClNOS/c1-12-7-8-13(11-14(12)16)17-9-10-18-19(5,6)15(2,3)4/h7-8,11,17H,9-10H2,1-6H3. The minimum Gasteiger partial charge on any atom is -0.383 e. The summed E-state index contributed by atoms with van der Waals surface area (Å²) < 4.78 is 6.27. The molecular weight excluding hydrogens is 278 g/mol. The Kier molecular flexibility index (Phi) is 5.60. The number of hydrogen-bond donors (Lipinski definition) is 1. The maximum absolute atomic E-state index is 6.09. The zero-order chi connectivity index (χ0) is 14.7. The average Bonchev–Trinajstić information content (AvgIpc) is 2.27. The number of rotatable bonds is 5. The topological polar surface area (TPSA) is 21.3 Å². The highest BCUT2D eigenvalue weighted by atomic mass is 35.5. The molecule has 0 fully saturated rings. The van der Waals surface area contributed by atoms with Crippen LogP contribution in [0.4, 0.5) is 5.69 Å². The fourth-order valence-corrected chi connectivity index (χ4v) is 2.36. The lowest BCUT2D eigenvalue weighted by Gasteiger charge is -2.43. The molecule has 0 aliphatic heterocycles. The van der Waals surface area contributed by atoms with Crippen molar-refractivity contribution in [1.29, 1.82) is 0 Å². The normalized spacial score (nSPS) is 13.4. The van der Waals surface area contributed by atoms with Crippen molar-refractivity contribution < 1.29 is 4.18 Å². The predicted molar refractivity (Wildman–Crippen MR) is 89.8 cm³/mol. The summed E-state index contributed by atoms with van der Waals surface area (Å²) in [6, 6.07) is 6.03. The molecule has 19 heavy (non-hydrogen) atoms. The number of hydrogen-bond acceptors (Lipinski definition) is 2. The van der Waals surface area contributed by atoms with Crippen molar-refractivity contribution in [2.45, 2.75) is 32.4 Å². The molecule has 0 bridgehead atoms. The number of aryl methyl sites for hydroxylation is 1. The van der Waals surface area contributed by atoms with Crippen LogP contribution in [0.2, 0.25) is 5.02 Å². The van der Waals surface area contributed by atoms with Crippen molar-refractivity contribution in [1.82, 2.24) is 0 Å². The van der Waals surface area contributed by atoms with Crippen LogP contribution in [-0.2, 0) is 4.18 Å². The summed E-state index contributed by atoms with van der Waals surface area (Å²) in [6.07, 6.45) is 4.44. The summed E-state index contributed by atoms with van der Waals surface area (Å²) in [7, 11) is -1.03. The highest BCUT2D eigenvalue weighted by Crippen LogP contribution is 2.53. The van der Waals surface area contributed by atoms with E-state index < -0.39 is 10.3 Å². The molecule has 1 aromatic rings. The quantitative estimate of drug-likeness (QED) is 0.785. The third-order valence-electron chi connectivity index (χ3n) is 3.46. The highest BCUT2D eigenvalue weighted by Gasteiger charge is 2.28. The van der Waals surface area contributed by atoms with E-state index in [1.807, 2.05) is 25.1 Å². The van der Waals surface area contributed by atoms with Crippen molar-refractivity contribution in [2.24, 2.45) is 0 Å². The van der Waals surface area contributed by atoms with Crippen molar-refractivity contribution in [3.05, 3.63) is 28.8 Å². The van der Waals surface area contributed by atoms with E-state index in [0.717, 1.165) is 22.8 Å². The molecule has 0 heterocycles. The van der Waals surface area contributed by atoms with Gasteiger partial charge in [-0.15, -0.1) is 10.3 Å². The molecule has 1 aromatic carbocycles. The smallest absolute Gasteiger partial charge is 0.0765 e. The fraction of sp³-hybridized carbons (Fsp3) is 0.600. The van der Waals surface area contributed by atoms with Gasteiger partial charge in [0.05, 0.1) is 6.61 Å². The molecule has 0 spiro atoms. The van der Waals surface area contributed by atoms with E-state index in [-0.39, 0.29) is 4.75 Å². The van der Waals surface area contributed by atoms with Gasteiger partial charge in [-0.2, -0.15) is 0 Å².